The number of carbonyl (C=O) groups is 1. The summed E-state index contributed by atoms with van der Waals surface area (Å²) in [6.07, 6.45) is 3.43. The summed E-state index contributed by atoms with van der Waals surface area (Å²) in [7, 11) is 0. The first-order valence-corrected chi connectivity index (χ1v) is 7.02. The second-order valence-corrected chi connectivity index (χ2v) is 5.18. The van der Waals surface area contributed by atoms with Gasteiger partial charge in [-0.3, -0.25) is 9.78 Å². The van der Waals surface area contributed by atoms with Gasteiger partial charge in [0, 0.05) is 17.4 Å². The fourth-order valence-electron chi connectivity index (χ4n) is 1.85. The van der Waals surface area contributed by atoms with Crippen LogP contribution in [0, 0.1) is 6.92 Å². The number of aromatic nitrogens is 1. The van der Waals surface area contributed by atoms with Gasteiger partial charge in [0.25, 0.3) is 5.91 Å². The zero-order chi connectivity index (χ0) is 15.2. The minimum Gasteiger partial charge on any atom is -0.484 e. The maximum absolute atomic E-state index is 11.9. The predicted molar refractivity (Wildman–Crippen MR) is 82.5 cm³/mol. The summed E-state index contributed by atoms with van der Waals surface area (Å²) in [6.45, 7) is 3.76. The molecule has 4 nitrogen and oxygen atoms in total. The number of ether oxygens (including phenoxy) is 1. The quantitative estimate of drug-likeness (QED) is 0.922. The SMILES string of the molecule is Cc1cc(OCC(=O)NC(C)c2cccnc2)ccc1Cl. The fourth-order valence-corrected chi connectivity index (χ4v) is 1.97. The van der Waals surface area contributed by atoms with Gasteiger partial charge in [-0.15, -0.1) is 0 Å². The average Bonchev–Trinajstić information content (AvgIpc) is 2.49. The summed E-state index contributed by atoms with van der Waals surface area (Å²) in [4.78, 5) is 15.9. The summed E-state index contributed by atoms with van der Waals surface area (Å²) in [5.74, 6) is 0.444. The standard InChI is InChI=1S/C16H17ClN2O2/c1-11-8-14(5-6-15(11)17)21-10-16(20)19-12(2)13-4-3-7-18-9-13/h3-9,12H,10H2,1-2H3,(H,19,20). The van der Waals surface area contributed by atoms with Crippen molar-refractivity contribution < 1.29 is 9.53 Å². The van der Waals surface area contributed by atoms with E-state index >= 15 is 0 Å². The summed E-state index contributed by atoms with van der Waals surface area (Å²) >= 11 is 5.94. The van der Waals surface area contributed by atoms with Gasteiger partial charge in [0.05, 0.1) is 6.04 Å². The van der Waals surface area contributed by atoms with Crippen molar-refractivity contribution in [2.45, 2.75) is 19.9 Å². The molecular formula is C16H17ClN2O2. The van der Waals surface area contributed by atoms with Gasteiger partial charge in [-0.05, 0) is 49.2 Å². The molecule has 110 valence electrons. The third-order valence-corrected chi connectivity index (χ3v) is 3.49. The molecule has 1 aromatic heterocycles. The van der Waals surface area contributed by atoms with Crippen LogP contribution in [0.1, 0.15) is 24.1 Å². The normalized spacial score (nSPS) is 11.8. The summed E-state index contributed by atoms with van der Waals surface area (Å²) in [6, 6.07) is 8.95. The number of carbonyl (C=O) groups excluding carboxylic acids is 1. The molecule has 0 aliphatic rings. The Morgan fingerprint density at radius 1 is 1.43 bits per heavy atom. The van der Waals surface area contributed by atoms with E-state index in [9.17, 15) is 4.79 Å². The van der Waals surface area contributed by atoms with Crippen LogP contribution in [-0.2, 0) is 4.79 Å². The highest BCUT2D eigenvalue weighted by Gasteiger charge is 2.10. The molecule has 1 amide bonds. The lowest BCUT2D eigenvalue weighted by atomic mass is 10.1. The Labute approximate surface area is 129 Å². The smallest absolute Gasteiger partial charge is 0.258 e. The molecule has 0 aliphatic heterocycles. The first kappa shape index (κ1) is 15.3. The first-order chi connectivity index (χ1) is 10.1. The van der Waals surface area contributed by atoms with E-state index in [1.54, 1.807) is 30.6 Å². The van der Waals surface area contributed by atoms with Crippen molar-refractivity contribution in [2.24, 2.45) is 0 Å². The number of hydrogen-bond acceptors (Lipinski definition) is 3. The Bertz CT molecular complexity index is 617. The second kappa shape index (κ2) is 7.09. The second-order valence-electron chi connectivity index (χ2n) is 4.78. The average molecular weight is 305 g/mol. The summed E-state index contributed by atoms with van der Waals surface area (Å²) < 4.78 is 5.45. The molecule has 0 spiro atoms. The Balaban J connectivity index is 1.86. The molecule has 0 aliphatic carbocycles. The number of pyridine rings is 1. The first-order valence-electron chi connectivity index (χ1n) is 6.64. The minimum absolute atomic E-state index is 0.0360. The Hall–Kier alpha value is -2.07. The monoisotopic (exact) mass is 304 g/mol. The lowest BCUT2D eigenvalue weighted by Gasteiger charge is -2.14. The van der Waals surface area contributed by atoms with E-state index in [-0.39, 0.29) is 18.6 Å². The van der Waals surface area contributed by atoms with E-state index in [4.69, 9.17) is 16.3 Å². The molecular weight excluding hydrogens is 288 g/mol. The molecule has 0 fully saturated rings. The van der Waals surface area contributed by atoms with Crippen LogP contribution < -0.4 is 10.1 Å². The van der Waals surface area contributed by atoms with Gasteiger partial charge in [-0.1, -0.05) is 17.7 Å². The van der Waals surface area contributed by atoms with Crippen LogP contribution in [0.2, 0.25) is 5.02 Å². The molecule has 0 radical (unpaired) electrons. The molecule has 2 rings (SSSR count). The van der Waals surface area contributed by atoms with Crippen molar-refractivity contribution in [1.82, 2.24) is 10.3 Å². The highest BCUT2D eigenvalue weighted by Crippen LogP contribution is 2.21. The van der Waals surface area contributed by atoms with Gasteiger partial charge in [-0.2, -0.15) is 0 Å². The summed E-state index contributed by atoms with van der Waals surface area (Å²) in [5, 5.41) is 3.54. The van der Waals surface area contributed by atoms with E-state index in [0.717, 1.165) is 11.1 Å². The van der Waals surface area contributed by atoms with Crippen molar-refractivity contribution in [1.29, 1.82) is 0 Å². The molecule has 1 atom stereocenters. The lowest BCUT2D eigenvalue weighted by molar-refractivity contribution is -0.123. The number of nitrogens with one attached hydrogen (secondary N) is 1. The minimum atomic E-state index is -0.182. The van der Waals surface area contributed by atoms with E-state index in [0.29, 0.717) is 10.8 Å². The van der Waals surface area contributed by atoms with Crippen LogP contribution in [-0.4, -0.2) is 17.5 Å². The Morgan fingerprint density at radius 3 is 2.90 bits per heavy atom. The van der Waals surface area contributed by atoms with Gasteiger partial charge >= 0.3 is 0 Å². The molecule has 2 aromatic rings. The van der Waals surface area contributed by atoms with Crippen LogP contribution in [0.15, 0.2) is 42.7 Å². The lowest BCUT2D eigenvalue weighted by Crippen LogP contribution is -2.31. The number of halogens is 1. The number of hydrogen-bond donors (Lipinski definition) is 1. The largest absolute Gasteiger partial charge is 0.484 e. The van der Waals surface area contributed by atoms with Crippen LogP contribution >= 0.6 is 11.6 Å². The van der Waals surface area contributed by atoms with Gasteiger partial charge < -0.3 is 10.1 Å². The number of benzene rings is 1. The zero-order valence-corrected chi connectivity index (χ0v) is 12.7. The fraction of sp³-hybridized carbons (Fsp3) is 0.250. The Morgan fingerprint density at radius 2 is 2.24 bits per heavy atom. The van der Waals surface area contributed by atoms with Crippen molar-refractivity contribution in [2.75, 3.05) is 6.61 Å². The highest BCUT2D eigenvalue weighted by molar-refractivity contribution is 6.31. The van der Waals surface area contributed by atoms with E-state index in [1.165, 1.54) is 0 Å². The van der Waals surface area contributed by atoms with Crippen LogP contribution in [0.3, 0.4) is 0 Å². The molecule has 0 saturated heterocycles. The van der Waals surface area contributed by atoms with Crippen LogP contribution in [0.5, 0.6) is 5.75 Å². The van der Waals surface area contributed by atoms with Crippen molar-refractivity contribution in [3.05, 3.63) is 58.9 Å². The number of rotatable bonds is 5. The molecule has 1 N–H and O–H groups in total. The molecule has 0 bridgehead atoms. The maximum Gasteiger partial charge on any atom is 0.258 e. The topological polar surface area (TPSA) is 51.2 Å². The molecule has 0 saturated carbocycles. The molecule has 1 heterocycles. The van der Waals surface area contributed by atoms with Crippen LogP contribution in [0.4, 0.5) is 0 Å². The molecule has 21 heavy (non-hydrogen) atoms. The zero-order valence-electron chi connectivity index (χ0n) is 12.0. The van der Waals surface area contributed by atoms with Gasteiger partial charge in [0.15, 0.2) is 6.61 Å². The van der Waals surface area contributed by atoms with Gasteiger partial charge in [0.1, 0.15) is 5.75 Å². The summed E-state index contributed by atoms with van der Waals surface area (Å²) in [5.41, 5.74) is 1.87. The number of amides is 1. The van der Waals surface area contributed by atoms with Crippen molar-refractivity contribution in [3.63, 3.8) is 0 Å². The molecule has 5 heteroatoms. The maximum atomic E-state index is 11.9. The third-order valence-electron chi connectivity index (χ3n) is 3.06. The van der Waals surface area contributed by atoms with Crippen LogP contribution in [0.25, 0.3) is 0 Å². The van der Waals surface area contributed by atoms with Gasteiger partial charge in [-0.25, -0.2) is 0 Å². The van der Waals surface area contributed by atoms with E-state index in [2.05, 4.69) is 10.3 Å². The molecule has 1 unspecified atom stereocenters. The number of nitrogens with zero attached hydrogens (tertiary/aromatic N) is 1. The van der Waals surface area contributed by atoms with Crippen molar-refractivity contribution in [3.8, 4) is 5.75 Å². The van der Waals surface area contributed by atoms with E-state index in [1.807, 2.05) is 26.0 Å². The van der Waals surface area contributed by atoms with E-state index < -0.39 is 0 Å². The van der Waals surface area contributed by atoms with Gasteiger partial charge in [0.2, 0.25) is 0 Å². The third kappa shape index (κ3) is 4.46. The molecule has 1 aromatic carbocycles. The highest BCUT2D eigenvalue weighted by atomic mass is 35.5. The predicted octanol–water partition coefficient (Wildman–Crippen LogP) is 3.30. The Kier molecular flexibility index (Phi) is 5.17. The number of aryl methyl sites for hydroxylation is 1. The van der Waals surface area contributed by atoms with Crippen molar-refractivity contribution >= 4 is 17.5 Å².